The Labute approximate surface area is 124 Å². The van der Waals surface area contributed by atoms with E-state index in [-0.39, 0.29) is 16.9 Å². The smallest absolute Gasteiger partial charge is 0.409 e. The SMILES string of the molecule is CC1OCCC1Sc1ccc(/C(N)=N/O)c(C(F)(F)F)c1. The lowest BCUT2D eigenvalue weighted by atomic mass is 10.1. The van der Waals surface area contributed by atoms with Crippen LogP contribution in [0.15, 0.2) is 28.3 Å². The predicted molar refractivity (Wildman–Crippen MR) is 73.6 cm³/mol. The number of hydrogen-bond acceptors (Lipinski definition) is 4. The number of halogens is 3. The quantitative estimate of drug-likeness (QED) is 0.389. The van der Waals surface area contributed by atoms with E-state index in [1.165, 1.54) is 17.8 Å². The molecule has 21 heavy (non-hydrogen) atoms. The molecule has 2 rings (SSSR count). The van der Waals surface area contributed by atoms with E-state index >= 15 is 0 Å². The molecule has 1 heterocycles. The van der Waals surface area contributed by atoms with Crippen LogP contribution in [0.2, 0.25) is 0 Å². The fourth-order valence-electron chi connectivity index (χ4n) is 2.15. The fourth-order valence-corrected chi connectivity index (χ4v) is 3.32. The number of oxime groups is 1. The second-order valence-electron chi connectivity index (χ2n) is 4.71. The summed E-state index contributed by atoms with van der Waals surface area (Å²) in [5.74, 6) is -0.559. The van der Waals surface area contributed by atoms with Gasteiger partial charge >= 0.3 is 6.18 Å². The van der Waals surface area contributed by atoms with E-state index in [0.29, 0.717) is 11.5 Å². The standard InChI is InChI=1S/C13H15F3N2O2S/c1-7-11(4-5-20-7)21-8-2-3-9(12(17)18-19)10(6-8)13(14,15)16/h2-3,6-7,11,19H,4-5H2,1H3,(H2,17,18). The number of benzene rings is 1. The molecule has 2 unspecified atom stereocenters. The van der Waals surface area contributed by atoms with Gasteiger partial charge in [0.1, 0.15) is 0 Å². The minimum atomic E-state index is -4.57. The highest BCUT2D eigenvalue weighted by molar-refractivity contribution is 8.00. The Morgan fingerprint density at radius 1 is 1.48 bits per heavy atom. The monoisotopic (exact) mass is 320 g/mol. The number of rotatable bonds is 3. The van der Waals surface area contributed by atoms with Gasteiger partial charge in [-0.1, -0.05) is 5.16 Å². The molecule has 0 aliphatic carbocycles. The molecule has 1 aliphatic rings. The van der Waals surface area contributed by atoms with Crippen molar-refractivity contribution in [2.45, 2.75) is 35.8 Å². The molecule has 2 atom stereocenters. The zero-order valence-electron chi connectivity index (χ0n) is 11.2. The van der Waals surface area contributed by atoms with Crippen LogP contribution in [0.4, 0.5) is 13.2 Å². The van der Waals surface area contributed by atoms with Crippen molar-refractivity contribution in [3.05, 3.63) is 29.3 Å². The van der Waals surface area contributed by atoms with Crippen molar-refractivity contribution in [2.75, 3.05) is 6.61 Å². The van der Waals surface area contributed by atoms with Gasteiger partial charge in [0.05, 0.1) is 11.7 Å². The normalized spacial score (nSPS) is 23.5. The summed E-state index contributed by atoms with van der Waals surface area (Å²) in [6.45, 7) is 2.52. The zero-order chi connectivity index (χ0) is 15.6. The largest absolute Gasteiger partial charge is 0.417 e. The lowest BCUT2D eigenvalue weighted by Crippen LogP contribution is -2.20. The second-order valence-corrected chi connectivity index (χ2v) is 6.02. The highest BCUT2D eigenvalue weighted by Crippen LogP contribution is 2.38. The van der Waals surface area contributed by atoms with Crippen LogP contribution in [0.3, 0.4) is 0 Å². The van der Waals surface area contributed by atoms with Crippen molar-refractivity contribution < 1.29 is 23.1 Å². The predicted octanol–water partition coefficient (Wildman–Crippen LogP) is 3.07. The summed E-state index contributed by atoms with van der Waals surface area (Å²) in [5, 5.41) is 11.4. The van der Waals surface area contributed by atoms with Crippen molar-refractivity contribution in [1.29, 1.82) is 0 Å². The molecule has 0 bridgehead atoms. The van der Waals surface area contributed by atoms with Crippen molar-refractivity contribution in [3.63, 3.8) is 0 Å². The molecule has 1 aromatic carbocycles. The number of nitrogens with zero attached hydrogens (tertiary/aromatic N) is 1. The summed E-state index contributed by atoms with van der Waals surface area (Å²) in [5.41, 5.74) is 4.06. The molecule has 1 fully saturated rings. The maximum atomic E-state index is 13.1. The van der Waals surface area contributed by atoms with Crippen LogP contribution >= 0.6 is 11.8 Å². The number of amidine groups is 1. The number of ether oxygens (including phenoxy) is 1. The first-order valence-electron chi connectivity index (χ1n) is 6.30. The van der Waals surface area contributed by atoms with Crippen molar-refractivity contribution in [3.8, 4) is 0 Å². The summed E-state index contributed by atoms with van der Waals surface area (Å²) < 4.78 is 44.7. The van der Waals surface area contributed by atoms with Gasteiger partial charge in [0, 0.05) is 22.3 Å². The summed E-state index contributed by atoms with van der Waals surface area (Å²) in [6.07, 6.45) is -3.76. The van der Waals surface area contributed by atoms with Crippen LogP contribution in [0.25, 0.3) is 0 Å². The molecule has 0 radical (unpaired) electrons. The molecule has 0 aromatic heterocycles. The third-order valence-electron chi connectivity index (χ3n) is 3.27. The number of alkyl halides is 3. The van der Waals surface area contributed by atoms with Gasteiger partial charge in [-0.15, -0.1) is 11.8 Å². The van der Waals surface area contributed by atoms with E-state index in [2.05, 4.69) is 5.16 Å². The molecule has 0 spiro atoms. The van der Waals surface area contributed by atoms with E-state index in [0.717, 1.165) is 12.5 Å². The van der Waals surface area contributed by atoms with Crippen LogP contribution < -0.4 is 5.73 Å². The van der Waals surface area contributed by atoms with Gasteiger partial charge in [-0.05, 0) is 31.5 Å². The first kappa shape index (κ1) is 16.0. The average molecular weight is 320 g/mol. The first-order chi connectivity index (χ1) is 9.82. The Balaban J connectivity index is 2.33. The van der Waals surface area contributed by atoms with Crippen LogP contribution in [-0.4, -0.2) is 29.0 Å². The van der Waals surface area contributed by atoms with Crippen LogP contribution in [0.1, 0.15) is 24.5 Å². The summed E-state index contributed by atoms with van der Waals surface area (Å²) in [6, 6.07) is 3.79. The molecule has 116 valence electrons. The molecule has 0 amide bonds. The molecular weight excluding hydrogens is 305 g/mol. The van der Waals surface area contributed by atoms with E-state index in [1.54, 1.807) is 6.07 Å². The second kappa shape index (κ2) is 6.15. The topological polar surface area (TPSA) is 67.8 Å². The number of thioether (sulfide) groups is 1. The lowest BCUT2D eigenvalue weighted by molar-refractivity contribution is -0.137. The Morgan fingerprint density at radius 2 is 2.19 bits per heavy atom. The third-order valence-corrected chi connectivity index (χ3v) is 4.72. The summed E-state index contributed by atoms with van der Waals surface area (Å²) in [7, 11) is 0. The van der Waals surface area contributed by atoms with Gasteiger partial charge in [-0.2, -0.15) is 13.2 Å². The van der Waals surface area contributed by atoms with Gasteiger partial charge < -0.3 is 15.7 Å². The lowest BCUT2D eigenvalue weighted by Gasteiger charge is -2.17. The molecule has 8 heteroatoms. The summed E-state index contributed by atoms with van der Waals surface area (Å²) in [4.78, 5) is 0.485. The molecule has 1 aromatic rings. The van der Waals surface area contributed by atoms with Gasteiger partial charge in [-0.3, -0.25) is 0 Å². The van der Waals surface area contributed by atoms with Crippen molar-refractivity contribution >= 4 is 17.6 Å². The number of hydrogen-bond donors (Lipinski definition) is 2. The highest BCUT2D eigenvalue weighted by Gasteiger charge is 2.35. The van der Waals surface area contributed by atoms with Crippen LogP contribution in [0, 0.1) is 0 Å². The minimum Gasteiger partial charge on any atom is -0.409 e. The third kappa shape index (κ3) is 3.62. The molecule has 3 N–H and O–H groups in total. The van der Waals surface area contributed by atoms with Gasteiger partial charge in [-0.25, -0.2) is 0 Å². The van der Waals surface area contributed by atoms with Gasteiger partial charge in [0.15, 0.2) is 5.84 Å². The Kier molecular flexibility index (Phi) is 4.67. The maximum Gasteiger partial charge on any atom is 0.417 e. The van der Waals surface area contributed by atoms with Crippen molar-refractivity contribution in [1.82, 2.24) is 0 Å². The van der Waals surface area contributed by atoms with E-state index < -0.39 is 17.6 Å². The fraction of sp³-hybridized carbons (Fsp3) is 0.462. The number of nitrogens with two attached hydrogens (primary N) is 1. The molecule has 0 saturated carbocycles. The Hall–Kier alpha value is -1.41. The van der Waals surface area contributed by atoms with E-state index in [1.807, 2.05) is 6.92 Å². The summed E-state index contributed by atoms with van der Waals surface area (Å²) >= 11 is 1.35. The van der Waals surface area contributed by atoms with Gasteiger partial charge in [0.2, 0.25) is 0 Å². The van der Waals surface area contributed by atoms with Crippen molar-refractivity contribution in [2.24, 2.45) is 10.9 Å². The zero-order valence-corrected chi connectivity index (χ0v) is 12.0. The van der Waals surface area contributed by atoms with Crippen LogP contribution in [0.5, 0.6) is 0 Å². The molecule has 4 nitrogen and oxygen atoms in total. The first-order valence-corrected chi connectivity index (χ1v) is 7.18. The minimum absolute atomic E-state index is 0.00749. The average Bonchev–Trinajstić information content (AvgIpc) is 2.82. The highest BCUT2D eigenvalue weighted by atomic mass is 32.2. The van der Waals surface area contributed by atoms with E-state index in [4.69, 9.17) is 15.7 Å². The Bertz CT molecular complexity index is 549. The molecule has 1 saturated heterocycles. The Morgan fingerprint density at radius 3 is 2.71 bits per heavy atom. The molecular formula is C13H15F3N2O2S. The molecule has 1 aliphatic heterocycles. The van der Waals surface area contributed by atoms with Crippen LogP contribution in [-0.2, 0) is 10.9 Å². The van der Waals surface area contributed by atoms with E-state index in [9.17, 15) is 13.2 Å². The maximum absolute atomic E-state index is 13.1. The van der Waals surface area contributed by atoms with Gasteiger partial charge in [0.25, 0.3) is 0 Å².